The molecule has 4 aromatic carbocycles. The third-order valence-corrected chi connectivity index (χ3v) is 9.13. The average Bonchev–Trinajstić information content (AvgIpc) is 2.99. The van der Waals surface area contributed by atoms with Crippen LogP contribution in [0.1, 0.15) is 11.1 Å². The first-order valence-corrected chi connectivity index (χ1v) is 15.5. The van der Waals surface area contributed by atoms with Crippen LogP contribution in [0.4, 0.5) is 10.1 Å². The third kappa shape index (κ3) is 7.56. The highest BCUT2D eigenvalue weighted by atomic mass is 79.9. The molecule has 4 rings (SSSR count). The number of anilines is 1. The normalized spacial score (nSPS) is 11.9. The predicted molar refractivity (Wildman–Crippen MR) is 165 cm³/mol. The van der Waals surface area contributed by atoms with Gasteiger partial charge in [-0.25, -0.2) is 12.8 Å². The third-order valence-electron chi connectivity index (χ3n) is 6.56. The Hall–Kier alpha value is -3.73. The number of hydrogen-bond acceptors (Lipinski definition) is 4. The highest BCUT2D eigenvalue weighted by molar-refractivity contribution is 9.10. The fraction of sp³-hybridized carbons (Fsp3) is 0.161. The Labute approximate surface area is 258 Å². The number of nitrogens with one attached hydrogen (secondary N) is 1. The van der Waals surface area contributed by atoms with Crippen molar-refractivity contribution in [1.82, 2.24) is 10.2 Å². The van der Waals surface area contributed by atoms with Crippen LogP contribution < -0.4 is 9.62 Å². The predicted octanol–water partition coefficient (Wildman–Crippen LogP) is 5.82. The first-order valence-electron chi connectivity index (χ1n) is 12.9. The monoisotopic (exact) mass is 671 g/mol. The minimum Gasteiger partial charge on any atom is -0.357 e. The molecule has 1 unspecified atom stereocenters. The van der Waals surface area contributed by atoms with Crippen LogP contribution in [-0.2, 0) is 32.6 Å². The second kappa shape index (κ2) is 14.0. The zero-order chi connectivity index (χ0) is 30.3. The maximum Gasteiger partial charge on any atom is 0.264 e. The van der Waals surface area contributed by atoms with Crippen LogP contribution in [0.15, 0.2) is 112 Å². The molecule has 2 amide bonds. The van der Waals surface area contributed by atoms with Gasteiger partial charge in [-0.05, 0) is 53.6 Å². The van der Waals surface area contributed by atoms with Crippen LogP contribution in [-0.4, -0.2) is 44.8 Å². The molecule has 0 aliphatic heterocycles. The highest BCUT2D eigenvalue weighted by Crippen LogP contribution is 2.28. The second-order valence-corrected chi connectivity index (χ2v) is 12.6. The molecule has 0 saturated carbocycles. The van der Waals surface area contributed by atoms with Gasteiger partial charge in [0.25, 0.3) is 10.0 Å². The van der Waals surface area contributed by atoms with Crippen LogP contribution in [0.2, 0.25) is 5.02 Å². The van der Waals surface area contributed by atoms with Gasteiger partial charge in [-0.1, -0.05) is 88.2 Å². The van der Waals surface area contributed by atoms with E-state index in [1.165, 1.54) is 30.1 Å². The van der Waals surface area contributed by atoms with Gasteiger partial charge in [0.2, 0.25) is 11.8 Å². The van der Waals surface area contributed by atoms with Gasteiger partial charge in [-0.15, -0.1) is 0 Å². The Bertz CT molecular complexity index is 1660. The topological polar surface area (TPSA) is 86.8 Å². The number of halogens is 3. The number of likely N-dealkylation sites (N-methyl/N-ethyl adjacent to an activating group) is 1. The van der Waals surface area contributed by atoms with Gasteiger partial charge < -0.3 is 10.2 Å². The van der Waals surface area contributed by atoms with Crippen LogP contribution in [0.3, 0.4) is 0 Å². The number of hydrogen-bond donors (Lipinski definition) is 1. The lowest BCUT2D eigenvalue weighted by Gasteiger charge is -2.33. The highest BCUT2D eigenvalue weighted by Gasteiger charge is 2.34. The molecule has 0 saturated heterocycles. The van der Waals surface area contributed by atoms with E-state index in [9.17, 15) is 22.4 Å². The summed E-state index contributed by atoms with van der Waals surface area (Å²) in [5.41, 5.74) is 1.54. The lowest BCUT2D eigenvalue weighted by atomic mass is 10.0. The van der Waals surface area contributed by atoms with Crippen molar-refractivity contribution < 1.29 is 22.4 Å². The van der Waals surface area contributed by atoms with Gasteiger partial charge in [-0.2, -0.15) is 0 Å². The van der Waals surface area contributed by atoms with Crippen LogP contribution in [0, 0.1) is 5.82 Å². The standard InChI is InChI=1S/C31H28BrClFN3O4S/c1-35-31(39)29(18-22-9-4-2-5-10-22)36(20-23-11-8-12-24(32)17-23)30(38)21-37(25-15-16-28(34)27(33)19-25)42(40,41)26-13-6-3-7-14-26/h2-17,19,29H,18,20-21H2,1H3,(H,35,39). The summed E-state index contributed by atoms with van der Waals surface area (Å²) in [6.07, 6.45) is 0.189. The minimum absolute atomic E-state index is 0.000519. The number of carbonyl (C=O) groups excluding carboxylic acids is 2. The summed E-state index contributed by atoms with van der Waals surface area (Å²) in [6.45, 7) is -0.651. The second-order valence-electron chi connectivity index (χ2n) is 9.39. The first-order chi connectivity index (χ1) is 20.1. The van der Waals surface area contributed by atoms with E-state index in [0.29, 0.717) is 0 Å². The van der Waals surface area contributed by atoms with Gasteiger partial charge >= 0.3 is 0 Å². The summed E-state index contributed by atoms with van der Waals surface area (Å²) in [5.74, 6) is -1.79. The molecule has 0 aromatic heterocycles. The zero-order valence-corrected chi connectivity index (χ0v) is 25.7. The van der Waals surface area contributed by atoms with Crippen LogP contribution in [0.5, 0.6) is 0 Å². The molecule has 0 aliphatic carbocycles. The van der Waals surface area contributed by atoms with Crippen molar-refractivity contribution in [1.29, 1.82) is 0 Å². The molecule has 0 heterocycles. The van der Waals surface area contributed by atoms with E-state index in [-0.39, 0.29) is 28.6 Å². The fourth-order valence-electron chi connectivity index (χ4n) is 4.44. The van der Waals surface area contributed by atoms with Crippen molar-refractivity contribution in [2.24, 2.45) is 0 Å². The van der Waals surface area contributed by atoms with Crippen molar-refractivity contribution in [2.75, 3.05) is 17.9 Å². The summed E-state index contributed by atoms with van der Waals surface area (Å²) in [5, 5.41) is 2.34. The summed E-state index contributed by atoms with van der Waals surface area (Å²) >= 11 is 9.47. The summed E-state index contributed by atoms with van der Waals surface area (Å²) in [6, 6.07) is 26.6. The van der Waals surface area contributed by atoms with Crippen molar-refractivity contribution in [3.63, 3.8) is 0 Å². The van der Waals surface area contributed by atoms with E-state index in [2.05, 4.69) is 21.2 Å². The summed E-state index contributed by atoms with van der Waals surface area (Å²) in [4.78, 5) is 28.8. The molecule has 0 bridgehead atoms. The number of benzene rings is 4. The van der Waals surface area contributed by atoms with Crippen molar-refractivity contribution in [3.05, 3.63) is 130 Å². The largest absolute Gasteiger partial charge is 0.357 e. The van der Waals surface area contributed by atoms with Crippen molar-refractivity contribution in [3.8, 4) is 0 Å². The van der Waals surface area contributed by atoms with E-state index >= 15 is 0 Å². The fourth-order valence-corrected chi connectivity index (χ4v) is 6.49. The lowest BCUT2D eigenvalue weighted by molar-refractivity contribution is -0.139. The Morgan fingerprint density at radius 2 is 1.55 bits per heavy atom. The first kappa shape index (κ1) is 31.2. The van der Waals surface area contributed by atoms with Gasteiger partial charge in [0.05, 0.1) is 15.6 Å². The molecule has 11 heteroatoms. The number of rotatable bonds is 11. The molecule has 0 aliphatic rings. The van der Waals surface area contributed by atoms with E-state index in [4.69, 9.17) is 11.6 Å². The van der Waals surface area contributed by atoms with E-state index in [0.717, 1.165) is 32.0 Å². The van der Waals surface area contributed by atoms with E-state index in [1.54, 1.807) is 24.3 Å². The van der Waals surface area contributed by atoms with Crippen LogP contribution in [0.25, 0.3) is 0 Å². The molecule has 1 atom stereocenters. The molecule has 1 N–H and O–H groups in total. The van der Waals surface area contributed by atoms with E-state index < -0.39 is 40.2 Å². The average molecular weight is 673 g/mol. The number of nitrogens with zero attached hydrogens (tertiary/aromatic N) is 2. The molecule has 0 fully saturated rings. The van der Waals surface area contributed by atoms with E-state index in [1.807, 2.05) is 48.5 Å². The molecular formula is C31H28BrClFN3O4S. The Balaban J connectivity index is 1.80. The van der Waals surface area contributed by atoms with Crippen molar-refractivity contribution >= 4 is 55.1 Å². The molecule has 42 heavy (non-hydrogen) atoms. The number of carbonyl (C=O) groups is 2. The Morgan fingerprint density at radius 1 is 0.905 bits per heavy atom. The molecular weight excluding hydrogens is 645 g/mol. The van der Waals surface area contributed by atoms with Gasteiger partial charge in [0, 0.05) is 24.5 Å². The van der Waals surface area contributed by atoms with Crippen LogP contribution >= 0.6 is 27.5 Å². The zero-order valence-electron chi connectivity index (χ0n) is 22.6. The quantitative estimate of drug-likeness (QED) is 0.218. The summed E-state index contributed by atoms with van der Waals surface area (Å²) in [7, 11) is -2.82. The Kier molecular flexibility index (Phi) is 10.4. The molecule has 0 spiro atoms. The maximum atomic E-state index is 14.2. The smallest absolute Gasteiger partial charge is 0.264 e. The van der Waals surface area contributed by atoms with Gasteiger partial charge in [-0.3, -0.25) is 13.9 Å². The molecule has 4 aromatic rings. The number of amides is 2. The number of sulfonamides is 1. The summed E-state index contributed by atoms with van der Waals surface area (Å²) < 4.78 is 43.5. The lowest BCUT2D eigenvalue weighted by Crippen LogP contribution is -2.53. The minimum atomic E-state index is -4.31. The maximum absolute atomic E-state index is 14.2. The molecule has 0 radical (unpaired) electrons. The SMILES string of the molecule is CNC(=O)C(Cc1ccccc1)N(Cc1cccc(Br)c1)C(=O)CN(c1ccc(F)c(Cl)c1)S(=O)(=O)c1ccccc1. The van der Waals surface area contributed by atoms with Gasteiger partial charge in [0.15, 0.2) is 0 Å². The van der Waals surface area contributed by atoms with Gasteiger partial charge in [0.1, 0.15) is 18.4 Å². The molecule has 7 nitrogen and oxygen atoms in total. The Morgan fingerprint density at radius 3 is 2.17 bits per heavy atom. The van der Waals surface area contributed by atoms with Crippen molar-refractivity contribution in [2.45, 2.75) is 23.9 Å². The molecule has 218 valence electrons.